The first kappa shape index (κ1) is 13.8. The lowest BCUT2D eigenvalue weighted by Gasteiger charge is -2.33. The maximum atomic E-state index is 12.1. The summed E-state index contributed by atoms with van der Waals surface area (Å²) >= 11 is 0. The predicted molar refractivity (Wildman–Crippen MR) is 78.1 cm³/mol. The van der Waals surface area contributed by atoms with Crippen LogP contribution in [0.3, 0.4) is 0 Å². The first-order valence-corrected chi connectivity index (χ1v) is 7.17. The second-order valence-corrected chi connectivity index (χ2v) is 5.28. The Morgan fingerprint density at radius 1 is 1.19 bits per heavy atom. The smallest absolute Gasteiger partial charge is 0.340 e. The molecule has 3 rings (SSSR count). The van der Waals surface area contributed by atoms with Crippen LogP contribution in [0.15, 0.2) is 29.2 Å². The van der Waals surface area contributed by atoms with Crippen LogP contribution in [0.5, 0.6) is 0 Å². The van der Waals surface area contributed by atoms with E-state index in [0.29, 0.717) is 12.2 Å². The van der Waals surface area contributed by atoms with Gasteiger partial charge in [0.1, 0.15) is 0 Å². The second kappa shape index (κ2) is 5.69. The molecule has 7 nitrogen and oxygen atoms in total. The lowest BCUT2D eigenvalue weighted by atomic mass is 10.3. The van der Waals surface area contributed by atoms with Gasteiger partial charge in [-0.15, -0.1) is 5.10 Å². The Balaban J connectivity index is 1.61. The van der Waals surface area contributed by atoms with Gasteiger partial charge in [0.25, 0.3) is 0 Å². The molecule has 0 bridgehead atoms. The Hall–Kier alpha value is -2.15. The summed E-state index contributed by atoms with van der Waals surface area (Å²) in [5, 5.41) is 4.32. The summed E-state index contributed by atoms with van der Waals surface area (Å²) < 4.78 is 3.06. The van der Waals surface area contributed by atoms with E-state index >= 15 is 0 Å². The number of fused-ring (bicyclic) bond motifs is 1. The number of hydrogen-bond acceptors (Lipinski definition) is 4. The molecule has 0 aliphatic carbocycles. The van der Waals surface area contributed by atoms with E-state index in [2.05, 4.69) is 10.00 Å². The van der Waals surface area contributed by atoms with Gasteiger partial charge in [-0.1, -0.05) is 6.07 Å². The molecular formula is C14H19N5O2. The molecule has 0 spiro atoms. The number of hydrogen-bond donors (Lipinski definition) is 0. The van der Waals surface area contributed by atoms with Gasteiger partial charge in [-0.25, -0.2) is 9.48 Å². The molecule has 112 valence electrons. The van der Waals surface area contributed by atoms with Crippen molar-refractivity contribution in [1.82, 2.24) is 24.0 Å². The van der Waals surface area contributed by atoms with Crippen molar-refractivity contribution in [2.24, 2.45) is 0 Å². The third-order valence-corrected chi connectivity index (χ3v) is 3.93. The minimum absolute atomic E-state index is 0.104. The summed E-state index contributed by atoms with van der Waals surface area (Å²) in [6.07, 6.45) is 1.73. The minimum atomic E-state index is -0.104. The Bertz CT molecular complexity index is 697. The molecule has 1 amide bonds. The summed E-state index contributed by atoms with van der Waals surface area (Å²) in [7, 11) is 0. The average molecular weight is 289 g/mol. The van der Waals surface area contributed by atoms with E-state index in [1.165, 1.54) is 4.68 Å². The molecule has 1 aliphatic rings. The van der Waals surface area contributed by atoms with Gasteiger partial charge < -0.3 is 4.90 Å². The van der Waals surface area contributed by atoms with E-state index in [4.69, 9.17) is 0 Å². The zero-order valence-electron chi connectivity index (χ0n) is 12.1. The van der Waals surface area contributed by atoms with E-state index in [9.17, 15) is 9.59 Å². The van der Waals surface area contributed by atoms with Crippen molar-refractivity contribution in [3.8, 4) is 0 Å². The molecule has 2 aromatic heterocycles. The highest BCUT2D eigenvalue weighted by molar-refractivity contribution is 5.73. The number of piperazine rings is 1. The Kier molecular flexibility index (Phi) is 3.74. The van der Waals surface area contributed by atoms with E-state index in [-0.39, 0.29) is 11.6 Å². The van der Waals surface area contributed by atoms with Crippen LogP contribution in [-0.2, 0) is 11.3 Å². The summed E-state index contributed by atoms with van der Waals surface area (Å²) in [5.41, 5.74) is 0.567. The van der Waals surface area contributed by atoms with Crippen molar-refractivity contribution in [1.29, 1.82) is 0 Å². The molecule has 1 fully saturated rings. The van der Waals surface area contributed by atoms with Gasteiger partial charge in [0, 0.05) is 45.8 Å². The normalized spacial score (nSPS) is 16.5. The van der Waals surface area contributed by atoms with Crippen LogP contribution in [0.2, 0.25) is 0 Å². The summed E-state index contributed by atoms with van der Waals surface area (Å²) in [4.78, 5) is 27.5. The van der Waals surface area contributed by atoms with Crippen molar-refractivity contribution >= 4 is 11.6 Å². The van der Waals surface area contributed by atoms with Gasteiger partial charge in [0.2, 0.25) is 5.91 Å². The molecule has 1 saturated heterocycles. The summed E-state index contributed by atoms with van der Waals surface area (Å²) in [5.74, 6) is 0.131. The van der Waals surface area contributed by atoms with E-state index in [1.54, 1.807) is 17.5 Å². The van der Waals surface area contributed by atoms with Crippen LogP contribution in [0.25, 0.3) is 5.65 Å². The fourth-order valence-electron chi connectivity index (χ4n) is 2.64. The Morgan fingerprint density at radius 3 is 2.62 bits per heavy atom. The highest BCUT2D eigenvalue weighted by Crippen LogP contribution is 2.02. The zero-order chi connectivity index (χ0) is 14.8. The van der Waals surface area contributed by atoms with Crippen molar-refractivity contribution in [3.05, 3.63) is 34.9 Å². The fraction of sp³-hybridized carbons (Fsp3) is 0.500. The first-order chi connectivity index (χ1) is 10.1. The van der Waals surface area contributed by atoms with Crippen LogP contribution < -0.4 is 5.69 Å². The maximum absolute atomic E-state index is 12.1. The third-order valence-electron chi connectivity index (χ3n) is 3.93. The highest BCUT2D eigenvalue weighted by Gasteiger charge is 2.18. The molecule has 0 saturated carbocycles. The van der Waals surface area contributed by atoms with Crippen LogP contribution in [0, 0.1) is 0 Å². The zero-order valence-corrected chi connectivity index (χ0v) is 12.1. The van der Waals surface area contributed by atoms with Crippen molar-refractivity contribution in [3.63, 3.8) is 0 Å². The number of carbonyl (C=O) groups excluding carboxylic acids is 1. The molecule has 3 heterocycles. The van der Waals surface area contributed by atoms with Gasteiger partial charge in [0.15, 0.2) is 5.65 Å². The van der Waals surface area contributed by atoms with Gasteiger partial charge in [-0.2, -0.15) is 0 Å². The number of pyridine rings is 1. The van der Waals surface area contributed by atoms with Crippen LogP contribution in [-0.4, -0.2) is 62.6 Å². The van der Waals surface area contributed by atoms with Gasteiger partial charge in [0.05, 0.1) is 6.54 Å². The number of amides is 1. The van der Waals surface area contributed by atoms with Crippen molar-refractivity contribution < 1.29 is 4.79 Å². The van der Waals surface area contributed by atoms with Gasteiger partial charge >= 0.3 is 5.69 Å². The molecule has 0 aromatic carbocycles. The van der Waals surface area contributed by atoms with Crippen LogP contribution >= 0.6 is 0 Å². The molecular weight excluding hydrogens is 270 g/mol. The molecule has 0 radical (unpaired) electrons. The van der Waals surface area contributed by atoms with E-state index in [1.807, 2.05) is 23.1 Å². The highest BCUT2D eigenvalue weighted by atomic mass is 16.2. The molecule has 0 atom stereocenters. The predicted octanol–water partition coefficient (Wildman–Crippen LogP) is -0.340. The number of nitrogens with zero attached hydrogens (tertiary/aromatic N) is 5. The van der Waals surface area contributed by atoms with E-state index < -0.39 is 0 Å². The molecule has 1 aliphatic heterocycles. The fourth-order valence-corrected chi connectivity index (χ4v) is 2.64. The monoisotopic (exact) mass is 289 g/mol. The van der Waals surface area contributed by atoms with Crippen molar-refractivity contribution in [2.75, 3.05) is 32.7 Å². The van der Waals surface area contributed by atoms with Crippen molar-refractivity contribution in [2.45, 2.75) is 13.5 Å². The summed E-state index contributed by atoms with van der Waals surface area (Å²) in [6.45, 7) is 6.16. The first-order valence-electron chi connectivity index (χ1n) is 7.17. The average Bonchev–Trinajstić information content (AvgIpc) is 2.82. The lowest BCUT2D eigenvalue weighted by Crippen LogP contribution is -2.49. The SMILES string of the molecule is CC(=O)N1CCN(CCn2nc3ccccn3c2=O)CC1. The second-order valence-electron chi connectivity index (χ2n) is 5.28. The van der Waals surface area contributed by atoms with E-state index in [0.717, 1.165) is 32.7 Å². The number of carbonyl (C=O) groups is 1. The van der Waals surface area contributed by atoms with Crippen LogP contribution in [0.4, 0.5) is 0 Å². The standard InChI is InChI=1S/C14H19N5O2/c1-12(20)17-9-6-16(7-10-17)8-11-19-14(21)18-5-3-2-4-13(18)15-19/h2-5H,6-11H2,1H3. The molecule has 0 N–H and O–H groups in total. The number of rotatable bonds is 3. The summed E-state index contributed by atoms with van der Waals surface area (Å²) in [6, 6.07) is 5.51. The maximum Gasteiger partial charge on any atom is 0.350 e. The number of aromatic nitrogens is 3. The Labute approximate surface area is 122 Å². The Morgan fingerprint density at radius 2 is 1.95 bits per heavy atom. The topological polar surface area (TPSA) is 62.9 Å². The van der Waals surface area contributed by atoms with Crippen LogP contribution in [0.1, 0.15) is 6.92 Å². The molecule has 21 heavy (non-hydrogen) atoms. The quantitative estimate of drug-likeness (QED) is 0.775. The minimum Gasteiger partial charge on any atom is -0.340 e. The van der Waals surface area contributed by atoms with Gasteiger partial charge in [-0.05, 0) is 12.1 Å². The lowest BCUT2D eigenvalue weighted by molar-refractivity contribution is -0.130. The largest absolute Gasteiger partial charge is 0.350 e. The van der Waals surface area contributed by atoms with Gasteiger partial charge in [-0.3, -0.25) is 14.1 Å². The molecule has 0 unspecified atom stereocenters. The third kappa shape index (κ3) is 2.82. The molecule has 7 heteroatoms. The molecule has 2 aromatic rings.